The van der Waals surface area contributed by atoms with Crippen molar-refractivity contribution in [3.8, 4) is 11.3 Å². The van der Waals surface area contributed by atoms with E-state index in [1.54, 1.807) is 0 Å². The Morgan fingerprint density at radius 3 is 2.27 bits per heavy atom. The van der Waals surface area contributed by atoms with Crippen LogP contribution in [0.4, 0.5) is 11.8 Å². The largest absolute Gasteiger partial charge is 0.353 e. The maximum absolute atomic E-state index is 11.1. The second-order valence-corrected chi connectivity index (χ2v) is 7.85. The molecule has 0 bridgehead atoms. The zero-order valence-corrected chi connectivity index (χ0v) is 16.9. The monoisotopic (exact) mass is 399 g/mol. The van der Waals surface area contributed by atoms with Crippen LogP contribution in [0.5, 0.6) is 0 Å². The first kappa shape index (κ1) is 18.6. The van der Waals surface area contributed by atoms with E-state index >= 15 is 0 Å². The first-order valence-electron chi connectivity index (χ1n) is 10.5. The van der Waals surface area contributed by atoms with Gasteiger partial charge in [-0.1, -0.05) is 54.6 Å². The van der Waals surface area contributed by atoms with Crippen molar-refractivity contribution in [2.45, 2.75) is 13.0 Å². The first-order valence-corrected chi connectivity index (χ1v) is 10.5. The van der Waals surface area contributed by atoms with Gasteiger partial charge in [0.15, 0.2) is 0 Å². The van der Waals surface area contributed by atoms with Gasteiger partial charge >= 0.3 is 0 Å². The molecule has 30 heavy (non-hydrogen) atoms. The number of benzene rings is 2. The van der Waals surface area contributed by atoms with E-state index in [-0.39, 0.29) is 0 Å². The van der Waals surface area contributed by atoms with Crippen molar-refractivity contribution in [3.63, 3.8) is 0 Å². The fourth-order valence-electron chi connectivity index (χ4n) is 4.21. The van der Waals surface area contributed by atoms with Crippen LogP contribution in [0.25, 0.3) is 11.3 Å². The number of fused-ring (bicyclic) bond motifs is 1. The zero-order chi connectivity index (χ0) is 20.3. The van der Waals surface area contributed by atoms with E-state index in [1.165, 1.54) is 11.1 Å². The van der Waals surface area contributed by atoms with E-state index in [0.717, 1.165) is 75.1 Å². The lowest BCUT2D eigenvalue weighted by molar-refractivity contribution is -0.118. The molecule has 152 valence electrons. The van der Waals surface area contributed by atoms with Gasteiger partial charge in [-0.2, -0.15) is 4.98 Å². The van der Waals surface area contributed by atoms with Crippen molar-refractivity contribution in [1.82, 2.24) is 14.9 Å². The van der Waals surface area contributed by atoms with Gasteiger partial charge in [-0.05, 0) is 17.5 Å². The molecule has 1 saturated heterocycles. The second-order valence-electron chi connectivity index (χ2n) is 7.85. The SMILES string of the molecule is O=CN1CCN(c2cc(-c3ccccc3)nc(N3CCc4ccccc4C3)n2)CC1. The Morgan fingerprint density at radius 2 is 1.50 bits per heavy atom. The van der Waals surface area contributed by atoms with E-state index in [0.29, 0.717) is 0 Å². The Hall–Kier alpha value is -3.41. The number of piperazine rings is 1. The summed E-state index contributed by atoms with van der Waals surface area (Å²) >= 11 is 0. The summed E-state index contributed by atoms with van der Waals surface area (Å²) in [6.45, 7) is 4.75. The molecule has 2 aliphatic heterocycles. The lowest BCUT2D eigenvalue weighted by Crippen LogP contribution is -2.46. The van der Waals surface area contributed by atoms with Crippen molar-refractivity contribution < 1.29 is 4.79 Å². The molecular formula is C24H25N5O. The minimum absolute atomic E-state index is 0.723. The molecular weight excluding hydrogens is 374 g/mol. The molecule has 1 amide bonds. The molecule has 1 fully saturated rings. The molecule has 0 spiro atoms. The number of aromatic nitrogens is 2. The minimum atomic E-state index is 0.723. The molecule has 2 aliphatic rings. The van der Waals surface area contributed by atoms with Gasteiger partial charge in [0.05, 0.1) is 5.69 Å². The van der Waals surface area contributed by atoms with Crippen LogP contribution in [0.15, 0.2) is 60.7 Å². The van der Waals surface area contributed by atoms with Crippen molar-refractivity contribution in [1.29, 1.82) is 0 Å². The van der Waals surface area contributed by atoms with E-state index in [4.69, 9.17) is 9.97 Å². The molecule has 3 aromatic rings. The highest BCUT2D eigenvalue weighted by atomic mass is 16.1. The third kappa shape index (κ3) is 3.73. The van der Waals surface area contributed by atoms with Crippen LogP contribution in [-0.2, 0) is 17.8 Å². The van der Waals surface area contributed by atoms with Gasteiger partial charge in [0.25, 0.3) is 0 Å². The molecule has 6 heteroatoms. The summed E-state index contributed by atoms with van der Waals surface area (Å²) in [4.78, 5) is 27.3. The van der Waals surface area contributed by atoms with Crippen LogP contribution in [-0.4, -0.2) is 54.0 Å². The molecule has 0 aliphatic carbocycles. The van der Waals surface area contributed by atoms with Gasteiger partial charge in [0.2, 0.25) is 12.4 Å². The van der Waals surface area contributed by atoms with E-state index in [1.807, 2.05) is 23.1 Å². The number of hydrogen-bond acceptors (Lipinski definition) is 5. The van der Waals surface area contributed by atoms with E-state index < -0.39 is 0 Å². The molecule has 0 unspecified atom stereocenters. The summed E-state index contributed by atoms with van der Waals surface area (Å²) in [6.07, 6.45) is 1.94. The number of amides is 1. The summed E-state index contributed by atoms with van der Waals surface area (Å²) in [5, 5.41) is 0. The van der Waals surface area contributed by atoms with Crippen LogP contribution < -0.4 is 9.80 Å². The topological polar surface area (TPSA) is 52.6 Å². The quantitative estimate of drug-likeness (QED) is 0.632. The molecule has 0 N–H and O–H groups in total. The van der Waals surface area contributed by atoms with Crippen molar-refractivity contribution in [2.24, 2.45) is 0 Å². The summed E-state index contributed by atoms with van der Waals surface area (Å²) in [5.41, 5.74) is 4.79. The minimum Gasteiger partial charge on any atom is -0.353 e. The highest BCUT2D eigenvalue weighted by molar-refractivity contribution is 5.65. The van der Waals surface area contributed by atoms with E-state index in [9.17, 15) is 4.79 Å². The van der Waals surface area contributed by atoms with Gasteiger partial charge < -0.3 is 14.7 Å². The van der Waals surface area contributed by atoms with Crippen LogP contribution >= 0.6 is 0 Å². The fraction of sp³-hybridized carbons (Fsp3) is 0.292. The molecule has 3 heterocycles. The van der Waals surface area contributed by atoms with Crippen LogP contribution in [0.1, 0.15) is 11.1 Å². The van der Waals surface area contributed by atoms with Gasteiger partial charge in [-0.25, -0.2) is 4.98 Å². The molecule has 5 rings (SSSR count). The lowest BCUT2D eigenvalue weighted by Gasteiger charge is -2.34. The van der Waals surface area contributed by atoms with Gasteiger partial charge in [-0.3, -0.25) is 4.79 Å². The van der Waals surface area contributed by atoms with E-state index in [2.05, 4.69) is 52.3 Å². The molecule has 1 aromatic heterocycles. The number of carbonyl (C=O) groups excluding carboxylic acids is 1. The Morgan fingerprint density at radius 1 is 0.767 bits per heavy atom. The van der Waals surface area contributed by atoms with Gasteiger partial charge in [0, 0.05) is 50.9 Å². The number of carbonyl (C=O) groups is 1. The molecule has 0 radical (unpaired) electrons. The van der Waals surface area contributed by atoms with Gasteiger partial charge in [-0.15, -0.1) is 0 Å². The van der Waals surface area contributed by atoms with Crippen LogP contribution in [0.2, 0.25) is 0 Å². The Balaban J connectivity index is 1.50. The maximum atomic E-state index is 11.1. The second kappa shape index (κ2) is 8.14. The normalized spacial score (nSPS) is 16.3. The molecule has 0 atom stereocenters. The summed E-state index contributed by atoms with van der Waals surface area (Å²) in [5.74, 6) is 1.71. The average molecular weight is 399 g/mol. The predicted molar refractivity (Wildman–Crippen MR) is 119 cm³/mol. The summed E-state index contributed by atoms with van der Waals surface area (Å²) in [7, 11) is 0. The number of hydrogen-bond donors (Lipinski definition) is 0. The first-order chi connectivity index (χ1) is 14.8. The molecule has 0 saturated carbocycles. The molecule has 2 aromatic carbocycles. The number of rotatable bonds is 4. The Labute approximate surface area is 176 Å². The average Bonchev–Trinajstić information content (AvgIpc) is 2.84. The maximum Gasteiger partial charge on any atom is 0.228 e. The van der Waals surface area contributed by atoms with Crippen molar-refractivity contribution in [3.05, 3.63) is 71.8 Å². The third-order valence-corrected chi connectivity index (χ3v) is 5.97. The standard InChI is InChI=1S/C24H25N5O/c30-18-27-12-14-28(15-13-27)23-16-22(20-7-2-1-3-8-20)25-24(26-23)29-11-10-19-6-4-5-9-21(19)17-29/h1-9,16,18H,10-15,17H2. The Bertz CT molecular complexity index is 1030. The van der Waals surface area contributed by atoms with Crippen LogP contribution in [0.3, 0.4) is 0 Å². The number of anilines is 2. The number of nitrogens with zero attached hydrogens (tertiary/aromatic N) is 5. The fourth-order valence-corrected chi connectivity index (χ4v) is 4.21. The highest BCUT2D eigenvalue weighted by Gasteiger charge is 2.22. The highest BCUT2D eigenvalue weighted by Crippen LogP contribution is 2.28. The predicted octanol–water partition coefficient (Wildman–Crippen LogP) is 2.98. The van der Waals surface area contributed by atoms with Crippen LogP contribution in [0, 0.1) is 0 Å². The van der Waals surface area contributed by atoms with Crippen molar-refractivity contribution in [2.75, 3.05) is 42.5 Å². The zero-order valence-electron chi connectivity index (χ0n) is 16.9. The van der Waals surface area contributed by atoms with Crippen molar-refractivity contribution >= 4 is 18.2 Å². The summed E-state index contributed by atoms with van der Waals surface area (Å²) < 4.78 is 0. The smallest absolute Gasteiger partial charge is 0.228 e. The Kier molecular flexibility index (Phi) is 5.05. The van der Waals surface area contributed by atoms with Gasteiger partial charge in [0.1, 0.15) is 5.82 Å². The lowest BCUT2D eigenvalue weighted by atomic mass is 10.0. The third-order valence-electron chi connectivity index (χ3n) is 5.97. The molecule has 6 nitrogen and oxygen atoms in total. The summed E-state index contributed by atoms with van der Waals surface area (Å²) in [6, 6.07) is 21.0.